The second-order valence-electron chi connectivity index (χ2n) is 8.80. The number of nitrogens with one attached hydrogen (secondary N) is 2. The van der Waals surface area contributed by atoms with Crippen LogP contribution in [0.1, 0.15) is 50.1 Å². The maximum Gasteiger partial charge on any atom is 0.415 e. The van der Waals surface area contributed by atoms with Crippen LogP contribution in [0, 0.1) is 0 Å². The number of carbonyl (C=O) groups is 1. The summed E-state index contributed by atoms with van der Waals surface area (Å²) in [7, 11) is 0. The van der Waals surface area contributed by atoms with Crippen LogP contribution in [-0.2, 0) is 17.9 Å². The van der Waals surface area contributed by atoms with Crippen LogP contribution in [0.3, 0.4) is 0 Å². The first kappa shape index (κ1) is 21.8. The van der Waals surface area contributed by atoms with Gasteiger partial charge in [-0.25, -0.2) is 10.1 Å². The second-order valence-corrected chi connectivity index (χ2v) is 8.80. The fraction of sp³-hybridized carbons (Fsp3) is 0.375. The second kappa shape index (κ2) is 9.40. The molecule has 8 nitrogen and oxygen atoms in total. The predicted octanol–water partition coefficient (Wildman–Crippen LogP) is 4.64. The molecule has 0 saturated heterocycles. The Kier molecular flexibility index (Phi) is 6.41. The van der Waals surface area contributed by atoms with E-state index in [-0.39, 0.29) is 6.01 Å². The predicted molar refractivity (Wildman–Crippen MR) is 119 cm³/mol. The van der Waals surface area contributed by atoms with Crippen LogP contribution in [-0.4, -0.2) is 27.9 Å². The molecule has 0 spiro atoms. The van der Waals surface area contributed by atoms with Gasteiger partial charge in [-0.2, -0.15) is 0 Å². The van der Waals surface area contributed by atoms with E-state index in [2.05, 4.69) is 45.1 Å². The lowest BCUT2D eigenvalue weighted by Crippen LogP contribution is -2.27. The van der Waals surface area contributed by atoms with Gasteiger partial charge in [0.1, 0.15) is 18.0 Å². The Morgan fingerprint density at radius 2 is 1.84 bits per heavy atom. The Labute approximate surface area is 187 Å². The molecular formula is C24H28N4O4. The summed E-state index contributed by atoms with van der Waals surface area (Å²) in [4.78, 5) is 11.8. The molecule has 32 heavy (non-hydrogen) atoms. The van der Waals surface area contributed by atoms with Crippen LogP contribution in [0.15, 0.2) is 59.0 Å². The summed E-state index contributed by atoms with van der Waals surface area (Å²) in [6.45, 7) is 6.35. The Bertz CT molecular complexity index is 1030. The van der Waals surface area contributed by atoms with E-state index in [1.807, 2.05) is 30.3 Å². The molecule has 3 aromatic rings. The van der Waals surface area contributed by atoms with Crippen molar-refractivity contribution in [2.75, 3.05) is 5.32 Å². The number of rotatable bonds is 8. The number of amides is 1. The number of hydrogen-bond acceptors (Lipinski definition) is 7. The number of hydrogen-bond donors (Lipinski definition) is 2. The summed E-state index contributed by atoms with van der Waals surface area (Å²) in [5.74, 6) is 1.71. The lowest BCUT2D eigenvalue weighted by atomic mass is 10.1. The van der Waals surface area contributed by atoms with E-state index in [4.69, 9.17) is 13.9 Å². The van der Waals surface area contributed by atoms with Crippen LogP contribution < -0.4 is 15.4 Å². The van der Waals surface area contributed by atoms with Crippen molar-refractivity contribution < 1.29 is 18.7 Å². The molecule has 1 fully saturated rings. The van der Waals surface area contributed by atoms with E-state index in [1.54, 1.807) is 20.8 Å². The third-order valence-corrected chi connectivity index (χ3v) is 4.94. The molecule has 1 aliphatic carbocycles. The number of aromatic nitrogens is 2. The normalized spacial score (nSPS) is 17.6. The Balaban J connectivity index is 1.20. The summed E-state index contributed by atoms with van der Waals surface area (Å²) >= 11 is 0. The molecule has 0 aliphatic heterocycles. The lowest BCUT2D eigenvalue weighted by molar-refractivity contribution is 0.0631. The third kappa shape index (κ3) is 6.31. The van der Waals surface area contributed by atoms with Gasteiger partial charge in [-0.05, 0) is 50.5 Å². The molecule has 1 aliphatic rings. The quantitative estimate of drug-likeness (QED) is 0.531. The number of anilines is 1. The van der Waals surface area contributed by atoms with Gasteiger partial charge in [-0.1, -0.05) is 47.6 Å². The molecule has 0 unspecified atom stereocenters. The SMILES string of the molecule is CC(C)(C)OC(=O)Nc1nnc(CN[C@@H]2C[C@H]2c2ccc(OCc3ccccc3)cc2)o1. The highest BCUT2D eigenvalue weighted by Crippen LogP contribution is 2.41. The minimum atomic E-state index is -0.626. The van der Waals surface area contributed by atoms with Gasteiger partial charge < -0.3 is 19.2 Å². The van der Waals surface area contributed by atoms with Crippen LogP contribution in [0.4, 0.5) is 10.8 Å². The maximum atomic E-state index is 11.8. The molecular weight excluding hydrogens is 408 g/mol. The zero-order valence-electron chi connectivity index (χ0n) is 18.5. The fourth-order valence-corrected chi connectivity index (χ4v) is 3.33. The van der Waals surface area contributed by atoms with E-state index in [0.717, 1.165) is 17.7 Å². The molecule has 0 radical (unpaired) electrons. The van der Waals surface area contributed by atoms with Crippen molar-refractivity contribution in [1.82, 2.24) is 15.5 Å². The van der Waals surface area contributed by atoms with Crippen LogP contribution in [0.2, 0.25) is 0 Å². The molecule has 1 amide bonds. The van der Waals surface area contributed by atoms with Gasteiger partial charge in [0.15, 0.2) is 0 Å². The van der Waals surface area contributed by atoms with E-state index < -0.39 is 11.7 Å². The first-order valence-electron chi connectivity index (χ1n) is 10.7. The first-order chi connectivity index (χ1) is 15.4. The Hall–Kier alpha value is -3.39. The van der Waals surface area contributed by atoms with Crippen molar-refractivity contribution in [2.24, 2.45) is 0 Å². The van der Waals surface area contributed by atoms with Gasteiger partial charge in [0.2, 0.25) is 5.89 Å². The zero-order chi connectivity index (χ0) is 22.6. The summed E-state index contributed by atoms with van der Waals surface area (Å²) in [5.41, 5.74) is 1.82. The first-order valence-corrected chi connectivity index (χ1v) is 10.7. The molecule has 1 aromatic heterocycles. The fourth-order valence-electron chi connectivity index (χ4n) is 3.33. The number of benzene rings is 2. The highest BCUT2D eigenvalue weighted by Gasteiger charge is 2.38. The standard InChI is InChI=1S/C24H28N4O4/c1-24(2,3)32-23(29)26-22-28-27-21(31-22)14-25-20-13-19(20)17-9-11-18(12-10-17)30-15-16-7-5-4-6-8-16/h4-12,19-20,25H,13-15H2,1-3H3,(H,26,28,29)/t19-,20+/m0/s1. The van der Waals surface area contributed by atoms with E-state index in [9.17, 15) is 4.79 Å². The van der Waals surface area contributed by atoms with Gasteiger partial charge in [-0.15, -0.1) is 5.10 Å². The zero-order valence-corrected chi connectivity index (χ0v) is 18.5. The van der Waals surface area contributed by atoms with Crippen molar-refractivity contribution in [2.45, 2.75) is 57.9 Å². The van der Waals surface area contributed by atoms with Gasteiger partial charge in [0.25, 0.3) is 0 Å². The topological polar surface area (TPSA) is 98.5 Å². The number of carbonyl (C=O) groups excluding carboxylic acids is 1. The van der Waals surface area contributed by atoms with Crippen molar-refractivity contribution in [3.05, 3.63) is 71.6 Å². The Morgan fingerprint density at radius 3 is 2.56 bits per heavy atom. The molecule has 2 N–H and O–H groups in total. The Morgan fingerprint density at radius 1 is 1.09 bits per heavy atom. The molecule has 8 heteroatoms. The summed E-state index contributed by atoms with van der Waals surface area (Å²) in [6, 6.07) is 18.7. The minimum Gasteiger partial charge on any atom is -0.489 e. The van der Waals surface area contributed by atoms with E-state index in [0.29, 0.717) is 31.0 Å². The van der Waals surface area contributed by atoms with E-state index >= 15 is 0 Å². The lowest BCUT2D eigenvalue weighted by Gasteiger charge is -2.18. The highest BCUT2D eigenvalue weighted by atomic mass is 16.6. The van der Waals surface area contributed by atoms with Crippen molar-refractivity contribution in [3.8, 4) is 5.75 Å². The largest absolute Gasteiger partial charge is 0.489 e. The average molecular weight is 437 g/mol. The van der Waals surface area contributed by atoms with E-state index in [1.165, 1.54) is 5.56 Å². The van der Waals surface area contributed by atoms with Crippen molar-refractivity contribution >= 4 is 12.1 Å². The molecule has 1 heterocycles. The summed E-state index contributed by atoms with van der Waals surface area (Å²) in [5, 5.41) is 13.6. The number of nitrogens with zero attached hydrogens (tertiary/aromatic N) is 2. The average Bonchev–Trinajstić information content (AvgIpc) is 3.40. The summed E-state index contributed by atoms with van der Waals surface area (Å²) < 4.78 is 16.5. The smallest absolute Gasteiger partial charge is 0.415 e. The minimum absolute atomic E-state index is 0.0227. The highest BCUT2D eigenvalue weighted by molar-refractivity contribution is 5.81. The molecule has 2 atom stereocenters. The maximum absolute atomic E-state index is 11.8. The monoisotopic (exact) mass is 436 g/mol. The summed E-state index contributed by atoms with van der Waals surface area (Å²) in [6.07, 6.45) is 0.417. The molecule has 2 aromatic carbocycles. The molecule has 0 bridgehead atoms. The van der Waals surface area contributed by atoms with Crippen LogP contribution >= 0.6 is 0 Å². The van der Waals surface area contributed by atoms with Gasteiger partial charge in [0.05, 0.1) is 6.54 Å². The van der Waals surface area contributed by atoms with Gasteiger partial charge >= 0.3 is 12.1 Å². The molecule has 168 valence electrons. The van der Waals surface area contributed by atoms with Crippen LogP contribution in [0.5, 0.6) is 5.75 Å². The van der Waals surface area contributed by atoms with Crippen LogP contribution in [0.25, 0.3) is 0 Å². The third-order valence-electron chi connectivity index (χ3n) is 4.94. The van der Waals surface area contributed by atoms with Gasteiger partial charge in [-0.3, -0.25) is 0 Å². The number of ether oxygens (including phenoxy) is 2. The van der Waals surface area contributed by atoms with Crippen molar-refractivity contribution in [1.29, 1.82) is 0 Å². The molecule has 1 saturated carbocycles. The molecule has 4 rings (SSSR count). The van der Waals surface area contributed by atoms with Crippen molar-refractivity contribution in [3.63, 3.8) is 0 Å². The van der Waals surface area contributed by atoms with Gasteiger partial charge in [0, 0.05) is 12.0 Å².